The van der Waals surface area contributed by atoms with Crippen LogP contribution >= 0.6 is 23.2 Å². The van der Waals surface area contributed by atoms with Crippen molar-refractivity contribution in [2.75, 3.05) is 0 Å². The first kappa shape index (κ1) is 28.2. The van der Waals surface area contributed by atoms with Gasteiger partial charge in [0.1, 0.15) is 9.52 Å². The molecule has 0 aromatic heterocycles. The summed E-state index contributed by atoms with van der Waals surface area (Å²) in [4.78, 5) is 0. The van der Waals surface area contributed by atoms with E-state index in [2.05, 4.69) is 106 Å². The number of hydrogen-bond acceptors (Lipinski definition) is 0. The zero-order valence-electron chi connectivity index (χ0n) is 22.2. The van der Waals surface area contributed by atoms with E-state index in [-0.39, 0.29) is 37.0 Å². The van der Waals surface area contributed by atoms with Gasteiger partial charge in [-0.1, -0.05) is 77.9 Å². The van der Waals surface area contributed by atoms with Crippen molar-refractivity contribution >= 4 is 43.9 Å². The fourth-order valence-corrected chi connectivity index (χ4v) is 8.67. The topological polar surface area (TPSA) is 0 Å². The standard InChI is InChI=1S/C30H36Cl2Si.Zr/c1-17-19(3)29(31,25-13-11-21(15-23(17)25)27(5,6)7)33-30(32)20(4)18(2)24-16-22(28(8,9)10)12-14-26(24)30;/h11-16H,1-10H3;. The molecule has 4 heteroatoms. The van der Waals surface area contributed by atoms with Gasteiger partial charge in [0.25, 0.3) is 0 Å². The second kappa shape index (κ2) is 8.86. The van der Waals surface area contributed by atoms with E-state index in [9.17, 15) is 0 Å². The van der Waals surface area contributed by atoms with Gasteiger partial charge in [-0.05, 0) is 94.2 Å². The van der Waals surface area contributed by atoms with Crippen molar-refractivity contribution in [3.63, 3.8) is 0 Å². The zero-order valence-corrected chi connectivity index (χ0v) is 27.2. The minimum absolute atomic E-state index is 0. The molecule has 0 amide bonds. The second-order valence-electron chi connectivity index (χ2n) is 12.0. The Morgan fingerprint density at radius 3 is 1.24 bits per heavy atom. The van der Waals surface area contributed by atoms with Crippen LogP contribution in [0.1, 0.15) is 103 Å². The summed E-state index contributed by atoms with van der Waals surface area (Å²) in [5.74, 6) is 0. The van der Waals surface area contributed by atoms with Gasteiger partial charge < -0.3 is 0 Å². The van der Waals surface area contributed by atoms with Crippen molar-refractivity contribution in [3.05, 3.63) is 80.9 Å². The van der Waals surface area contributed by atoms with Crippen LogP contribution in [0.4, 0.5) is 0 Å². The van der Waals surface area contributed by atoms with Crippen molar-refractivity contribution in [3.8, 4) is 0 Å². The molecule has 2 radical (unpaired) electrons. The van der Waals surface area contributed by atoms with Crippen LogP contribution in [-0.2, 0) is 46.0 Å². The number of halogens is 2. The molecular formula is C30H36Cl2SiZr. The summed E-state index contributed by atoms with van der Waals surface area (Å²) in [7, 11) is 0.294. The summed E-state index contributed by atoms with van der Waals surface area (Å²) in [6.45, 7) is 22.4. The molecule has 0 fully saturated rings. The summed E-state index contributed by atoms with van der Waals surface area (Å²) in [6, 6.07) is 13.7. The average molecular weight is 587 g/mol. The van der Waals surface area contributed by atoms with E-state index in [4.69, 9.17) is 23.2 Å². The van der Waals surface area contributed by atoms with Gasteiger partial charge in [-0.25, -0.2) is 0 Å². The fraction of sp³-hybridized carbons (Fsp3) is 0.467. The summed E-state index contributed by atoms with van der Waals surface area (Å²) in [6.07, 6.45) is 0. The van der Waals surface area contributed by atoms with Gasteiger partial charge in [-0.15, -0.1) is 23.2 Å². The third-order valence-electron chi connectivity index (χ3n) is 7.82. The molecule has 4 rings (SSSR count). The molecule has 34 heavy (non-hydrogen) atoms. The Hall–Kier alpha value is -0.400. The first-order valence-corrected chi connectivity index (χ1v) is 13.6. The van der Waals surface area contributed by atoms with Crippen LogP contribution in [0.25, 0.3) is 11.1 Å². The van der Waals surface area contributed by atoms with Gasteiger partial charge in [-0.2, -0.15) is 0 Å². The normalized spacial score (nSPS) is 24.4. The van der Waals surface area contributed by atoms with E-state index in [1.54, 1.807) is 0 Å². The van der Waals surface area contributed by atoms with Gasteiger partial charge in [0.2, 0.25) is 0 Å². The fourth-order valence-electron chi connectivity index (χ4n) is 5.13. The molecule has 2 atom stereocenters. The van der Waals surface area contributed by atoms with Crippen molar-refractivity contribution in [2.24, 2.45) is 0 Å². The molecule has 178 valence electrons. The van der Waals surface area contributed by atoms with E-state index in [0.717, 1.165) is 0 Å². The van der Waals surface area contributed by atoms with Gasteiger partial charge in [0.15, 0.2) is 0 Å². The SMILES string of the molecule is CC1=C(C)C(Cl)([Si]C2(Cl)C(C)=C(C)c3cc(C(C)(C)C)ccc32)c2ccc(C(C)(C)C)cc21.[Zr]. The molecule has 2 aliphatic rings. The Labute approximate surface area is 238 Å². The van der Waals surface area contributed by atoms with Gasteiger partial charge in [0.05, 0.1) is 8.99 Å². The van der Waals surface area contributed by atoms with E-state index < -0.39 is 8.99 Å². The van der Waals surface area contributed by atoms with Crippen LogP contribution in [0, 0.1) is 0 Å². The maximum atomic E-state index is 7.61. The minimum atomic E-state index is -0.594. The Kier molecular flexibility index (Phi) is 7.35. The second-order valence-corrected chi connectivity index (χ2v) is 15.5. The molecule has 0 aliphatic heterocycles. The van der Waals surface area contributed by atoms with Crippen LogP contribution < -0.4 is 0 Å². The van der Waals surface area contributed by atoms with Gasteiger partial charge in [-0.3, -0.25) is 0 Å². The molecule has 2 aromatic carbocycles. The summed E-state index contributed by atoms with van der Waals surface area (Å²) >= 11 is 15.2. The van der Waals surface area contributed by atoms with E-state index in [1.807, 2.05) is 0 Å². The molecule has 0 N–H and O–H groups in total. The van der Waals surface area contributed by atoms with Crippen LogP contribution in [0.15, 0.2) is 47.5 Å². The molecule has 0 heterocycles. The number of fused-ring (bicyclic) bond motifs is 2. The molecule has 0 spiro atoms. The zero-order chi connectivity index (χ0) is 24.7. The van der Waals surface area contributed by atoms with Crippen LogP contribution in [0.5, 0.6) is 0 Å². The molecule has 0 saturated heterocycles. The largest absolute Gasteiger partial charge is 0.118 e. The maximum absolute atomic E-state index is 7.61. The summed E-state index contributed by atoms with van der Waals surface area (Å²) < 4.78 is -1.19. The van der Waals surface area contributed by atoms with Gasteiger partial charge in [0, 0.05) is 26.2 Å². The van der Waals surface area contributed by atoms with Crippen LogP contribution in [-0.4, -0.2) is 9.52 Å². The first-order chi connectivity index (χ1) is 15.0. The third kappa shape index (κ3) is 4.23. The monoisotopic (exact) mass is 584 g/mol. The van der Waals surface area contributed by atoms with Crippen molar-refractivity contribution in [1.82, 2.24) is 0 Å². The molecule has 2 aliphatic carbocycles. The maximum Gasteiger partial charge on any atom is 0.118 e. The molecule has 0 saturated carbocycles. The summed E-state index contributed by atoms with van der Waals surface area (Å²) in [5, 5.41) is 0. The molecule has 2 aromatic rings. The Morgan fingerprint density at radius 1 is 0.618 bits per heavy atom. The first-order valence-electron chi connectivity index (χ1n) is 11.9. The van der Waals surface area contributed by atoms with Crippen molar-refractivity contribution in [1.29, 1.82) is 0 Å². The van der Waals surface area contributed by atoms with Gasteiger partial charge >= 0.3 is 0 Å². The molecule has 0 nitrogen and oxygen atoms in total. The number of hydrogen-bond donors (Lipinski definition) is 0. The molecular weight excluding hydrogens is 551 g/mol. The van der Waals surface area contributed by atoms with E-state index >= 15 is 0 Å². The predicted molar refractivity (Wildman–Crippen MR) is 148 cm³/mol. The Balaban J connectivity index is 0.00000324. The Bertz CT molecular complexity index is 1130. The predicted octanol–water partition coefficient (Wildman–Crippen LogP) is 9.08. The van der Waals surface area contributed by atoms with E-state index in [1.165, 1.54) is 55.7 Å². The van der Waals surface area contributed by atoms with Crippen molar-refractivity contribution in [2.45, 2.75) is 89.1 Å². The van der Waals surface area contributed by atoms with Crippen molar-refractivity contribution < 1.29 is 26.2 Å². The summed E-state index contributed by atoms with van der Waals surface area (Å²) in [5.41, 5.74) is 12.9. The average Bonchev–Trinajstić information content (AvgIpc) is 3.02. The number of benzene rings is 2. The number of alkyl halides is 2. The molecule has 2 unspecified atom stereocenters. The number of allylic oxidation sites excluding steroid dienone is 4. The quantitative estimate of drug-likeness (QED) is 0.243. The smallest absolute Gasteiger partial charge is 0.114 e. The van der Waals surface area contributed by atoms with E-state index in [0.29, 0.717) is 9.52 Å². The molecule has 0 bridgehead atoms. The Morgan fingerprint density at radius 2 is 0.941 bits per heavy atom. The minimum Gasteiger partial charge on any atom is -0.114 e. The third-order valence-corrected chi connectivity index (χ3v) is 11.3. The van der Waals surface area contributed by atoms with Crippen LogP contribution in [0.3, 0.4) is 0 Å². The number of rotatable bonds is 2. The van der Waals surface area contributed by atoms with Crippen LogP contribution in [0.2, 0.25) is 0 Å².